The molecule has 3 rings (SSSR count). The minimum absolute atomic E-state index is 0.0848. The molecule has 3 heterocycles. The van der Waals surface area contributed by atoms with Gasteiger partial charge in [0.1, 0.15) is 12.1 Å². The highest BCUT2D eigenvalue weighted by atomic mass is 16.5. The van der Waals surface area contributed by atoms with Crippen molar-refractivity contribution in [3.8, 4) is 5.88 Å². The lowest BCUT2D eigenvalue weighted by Crippen LogP contribution is -2.25. The number of nitrogens with zero attached hydrogens (tertiary/aromatic N) is 4. The highest BCUT2D eigenvalue weighted by Gasteiger charge is 2.10. The second-order valence-corrected chi connectivity index (χ2v) is 3.85. The van der Waals surface area contributed by atoms with Gasteiger partial charge in [0, 0.05) is 6.07 Å². The van der Waals surface area contributed by atoms with E-state index < -0.39 is 0 Å². The fraction of sp³-hybridized carbons (Fsp3) is 0.0909. The Kier molecular flexibility index (Phi) is 2.60. The molecule has 0 spiro atoms. The first-order chi connectivity index (χ1) is 9.22. The van der Waals surface area contributed by atoms with E-state index in [9.17, 15) is 5.21 Å². The van der Waals surface area contributed by atoms with Crippen molar-refractivity contribution in [1.29, 1.82) is 0 Å². The summed E-state index contributed by atoms with van der Waals surface area (Å²) >= 11 is 0. The summed E-state index contributed by atoms with van der Waals surface area (Å²) < 4.78 is 6.25. The quantitative estimate of drug-likeness (QED) is 0.510. The number of aromatic nitrogens is 5. The number of hydrogen-bond donors (Lipinski definition) is 2. The first kappa shape index (κ1) is 11.2. The molecule has 0 saturated heterocycles. The van der Waals surface area contributed by atoms with Gasteiger partial charge in [0.2, 0.25) is 11.8 Å². The largest absolute Gasteiger partial charge is 0.619 e. The predicted octanol–water partition coefficient (Wildman–Crippen LogP) is 0.147. The van der Waals surface area contributed by atoms with Crippen LogP contribution in [0, 0.1) is 5.21 Å². The van der Waals surface area contributed by atoms with E-state index in [0.717, 1.165) is 5.56 Å². The molecule has 0 aliphatic heterocycles. The maximum Gasteiger partial charge on any atom is 0.245 e. The molecule has 8 heteroatoms. The maximum absolute atomic E-state index is 11.1. The lowest BCUT2D eigenvalue weighted by atomic mass is 10.3. The van der Waals surface area contributed by atoms with Crippen LogP contribution in [-0.4, -0.2) is 19.9 Å². The first-order valence-electron chi connectivity index (χ1n) is 5.49. The van der Waals surface area contributed by atoms with Gasteiger partial charge < -0.3 is 20.7 Å². The second kappa shape index (κ2) is 4.41. The molecule has 0 unspecified atom stereocenters. The van der Waals surface area contributed by atoms with Crippen LogP contribution in [0.15, 0.2) is 30.9 Å². The molecule has 0 amide bonds. The third-order valence-electron chi connectivity index (χ3n) is 2.48. The summed E-state index contributed by atoms with van der Waals surface area (Å²) in [4.78, 5) is 14.8. The molecular formula is C11H10N6O2. The number of anilines is 1. The Balaban J connectivity index is 1.87. The monoisotopic (exact) mass is 258 g/mol. The summed E-state index contributed by atoms with van der Waals surface area (Å²) in [6.45, 7) is 0.202. The third-order valence-corrected chi connectivity index (χ3v) is 2.48. The SMILES string of the molecule is Nc1nc(OCc2ccc[n+]([O-])c2)c2[nH]cnc2n1. The molecule has 3 N–H and O–H groups in total. The van der Waals surface area contributed by atoms with Gasteiger partial charge >= 0.3 is 0 Å². The molecule has 0 radical (unpaired) electrons. The van der Waals surface area contributed by atoms with Crippen LogP contribution in [-0.2, 0) is 6.61 Å². The van der Waals surface area contributed by atoms with Crippen LogP contribution in [0.3, 0.4) is 0 Å². The zero-order chi connectivity index (χ0) is 13.2. The molecule has 0 fully saturated rings. The van der Waals surface area contributed by atoms with Crippen LogP contribution in [0.4, 0.5) is 5.95 Å². The number of rotatable bonds is 3. The Morgan fingerprint density at radius 2 is 2.32 bits per heavy atom. The van der Waals surface area contributed by atoms with Crippen molar-refractivity contribution in [2.75, 3.05) is 5.73 Å². The smallest absolute Gasteiger partial charge is 0.245 e. The van der Waals surface area contributed by atoms with E-state index in [0.29, 0.717) is 21.8 Å². The zero-order valence-electron chi connectivity index (χ0n) is 9.78. The summed E-state index contributed by atoms with van der Waals surface area (Å²) in [6.07, 6.45) is 4.31. The standard InChI is InChI=1S/C11H10N6O2/c12-11-15-9-8(13-6-14-9)10(16-11)19-5-7-2-1-3-17(18)4-7/h1-4,6H,5H2,(H3,12,13,14,15,16). The van der Waals surface area contributed by atoms with Gasteiger partial charge in [-0.25, -0.2) is 4.98 Å². The molecule has 0 aliphatic carbocycles. The summed E-state index contributed by atoms with van der Waals surface area (Å²) in [5.74, 6) is 0.392. The number of pyridine rings is 1. The van der Waals surface area contributed by atoms with Gasteiger partial charge in [-0.15, -0.1) is 0 Å². The van der Waals surface area contributed by atoms with Crippen molar-refractivity contribution in [3.63, 3.8) is 0 Å². The number of nitrogen functional groups attached to an aromatic ring is 1. The van der Waals surface area contributed by atoms with E-state index in [1.54, 1.807) is 12.1 Å². The molecule has 0 aromatic carbocycles. The molecule has 19 heavy (non-hydrogen) atoms. The van der Waals surface area contributed by atoms with Crippen molar-refractivity contribution in [1.82, 2.24) is 19.9 Å². The summed E-state index contributed by atoms with van der Waals surface area (Å²) in [5.41, 5.74) is 7.30. The average molecular weight is 258 g/mol. The molecule has 0 atom stereocenters. The van der Waals surface area contributed by atoms with Gasteiger partial charge in [0.25, 0.3) is 0 Å². The second-order valence-electron chi connectivity index (χ2n) is 3.85. The van der Waals surface area contributed by atoms with Gasteiger partial charge in [0.15, 0.2) is 18.0 Å². The van der Waals surface area contributed by atoms with Crippen LogP contribution < -0.4 is 15.2 Å². The van der Waals surface area contributed by atoms with E-state index in [-0.39, 0.29) is 12.6 Å². The van der Waals surface area contributed by atoms with E-state index in [1.165, 1.54) is 18.7 Å². The third kappa shape index (κ3) is 2.23. The number of fused-ring (bicyclic) bond motifs is 1. The summed E-state index contributed by atoms with van der Waals surface area (Å²) in [5, 5.41) is 11.1. The number of aromatic amines is 1. The molecule has 8 nitrogen and oxygen atoms in total. The van der Waals surface area contributed by atoms with Crippen LogP contribution >= 0.6 is 0 Å². The van der Waals surface area contributed by atoms with Crippen LogP contribution in [0.25, 0.3) is 11.2 Å². The molecule has 3 aromatic rings. The van der Waals surface area contributed by atoms with Crippen LogP contribution in [0.1, 0.15) is 5.56 Å². The zero-order valence-corrected chi connectivity index (χ0v) is 9.78. The first-order valence-corrected chi connectivity index (χ1v) is 5.49. The number of nitrogens with one attached hydrogen (secondary N) is 1. The van der Waals surface area contributed by atoms with Gasteiger partial charge in [-0.05, 0) is 6.07 Å². The Morgan fingerprint density at radius 1 is 1.42 bits per heavy atom. The van der Waals surface area contributed by atoms with E-state index in [2.05, 4.69) is 19.9 Å². The van der Waals surface area contributed by atoms with E-state index >= 15 is 0 Å². The van der Waals surface area contributed by atoms with Crippen LogP contribution in [0.5, 0.6) is 5.88 Å². The van der Waals surface area contributed by atoms with Gasteiger partial charge in [0.05, 0.1) is 11.9 Å². The lowest BCUT2D eigenvalue weighted by molar-refractivity contribution is -0.606. The predicted molar refractivity (Wildman–Crippen MR) is 65.8 cm³/mol. The van der Waals surface area contributed by atoms with Crippen molar-refractivity contribution in [2.24, 2.45) is 0 Å². The maximum atomic E-state index is 11.1. The van der Waals surface area contributed by atoms with E-state index in [4.69, 9.17) is 10.5 Å². The Hall–Kier alpha value is -2.90. The van der Waals surface area contributed by atoms with Crippen molar-refractivity contribution < 1.29 is 9.47 Å². The summed E-state index contributed by atoms with van der Waals surface area (Å²) in [6, 6.07) is 3.43. The minimum Gasteiger partial charge on any atom is -0.619 e. The molecule has 0 aliphatic rings. The number of hydrogen-bond acceptors (Lipinski definition) is 6. The van der Waals surface area contributed by atoms with Crippen molar-refractivity contribution >= 4 is 17.1 Å². The topological polar surface area (TPSA) is 117 Å². The Bertz CT molecular complexity index is 726. The normalized spacial score (nSPS) is 10.7. The van der Waals surface area contributed by atoms with Gasteiger partial charge in [-0.3, -0.25) is 0 Å². The number of imidazole rings is 1. The highest BCUT2D eigenvalue weighted by molar-refractivity contribution is 5.76. The Morgan fingerprint density at radius 3 is 3.16 bits per heavy atom. The molecule has 96 valence electrons. The molecule has 0 bridgehead atoms. The fourth-order valence-corrected chi connectivity index (χ4v) is 1.67. The molecule has 0 saturated carbocycles. The van der Waals surface area contributed by atoms with Crippen molar-refractivity contribution in [3.05, 3.63) is 41.6 Å². The number of ether oxygens (including phenoxy) is 1. The minimum atomic E-state index is 0.0848. The van der Waals surface area contributed by atoms with E-state index in [1.807, 2.05) is 0 Å². The summed E-state index contributed by atoms with van der Waals surface area (Å²) in [7, 11) is 0. The number of nitrogens with two attached hydrogens (primary N) is 1. The van der Waals surface area contributed by atoms with Crippen LogP contribution in [0.2, 0.25) is 0 Å². The van der Waals surface area contributed by atoms with Crippen molar-refractivity contribution in [2.45, 2.75) is 6.61 Å². The van der Waals surface area contributed by atoms with Gasteiger partial charge in [-0.1, -0.05) is 0 Å². The lowest BCUT2D eigenvalue weighted by Gasteiger charge is -2.06. The average Bonchev–Trinajstić information content (AvgIpc) is 2.84. The van der Waals surface area contributed by atoms with Gasteiger partial charge in [-0.2, -0.15) is 14.7 Å². The Labute approximate surface area is 107 Å². The molecule has 3 aromatic heterocycles. The number of H-pyrrole nitrogens is 1. The molecular weight excluding hydrogens is 248 g/mol. The highest BCUT2D eigenvalue weighted by Crippen LogP contribution is 2.20. The fourth-order valence-electron chi connectivity index (χ4n) is 1.67.